The topological polar surface area (TPSA) is 97.0 Å². The van der Waals surface area contributed by atoms with Crippen molar-refractivity contribution in [2.75, 3.05) is 4.90 Å². The first kappa shape index (κ1) is 16.6. The number of esters is 1. The Morgan fingerprint density at radius 2 is 1.88 bits per heavy atom. The second-order valence-electron chi connectivity index (χ2n) is 5.25. The third-order valence-corrected chi connectivity index (χ3v) is 3.50. The van der Waals surface area contributed by atoms with Crippen LogP contribution < -0.4 is 9.64 Å². The van der Waals surface area contributed by atoms with Crippen molar-refractivity contribution in [1.29, 1.82) is 0 Å². The molecule has 130 valence electrons. The van der Waals surface area contributed by atoms with Crippen LogP contribution >= 0.6 is 0 Å². The highest BCUT2D eigenvalue weighted by atomic mass is 19.1. The van der Waals surface area contributed by atoms with Gasteiger partial charge in [-0.05, 0) is 18.2 Å². The Balaban J connectivity index is 2.22. The molecular weight excluding hydrogens is 340 g/mol. The quantitative estimate of drug-likeness (QED) is 0.674. The van der Waals surface area contributed by atoms with Crippen molar-refractivity contribution in [2.45, 2.75) is 19.8 Å². The zero-order valence-corrected chi connectivity index (χ0v) is 12.8. The summed E-state index contributed by atoms with van der Waals surface area (Å²) in [4.78, 5) is 35.6. The number of benzene rings is 1. The Morgan fingerprint density at radius 1 is 1.24 bits per heavy atom. The van der Waals surface area contributed by atoms with Crippen molar-refractivity contribution in [3.8, 4) is 22.8 Å². The molecule has 9 heteroatoms. The molecule has 0 spiro atoms. The third kappa shape index (κ3) is 2.84. The molecule has 0 atom stereocenters. The molecule has 1 aliphatic rings. The molecule has 0 aliphatic carbocycles. The largest absolute Gasteiger partial charge is 0.502 e. The summed E-state index contributed by atoms with van der Waals surface area (Å²) in [5.41, 5.74) is -0.462. The maximum atomic E-state index is 14.0. The van der Waals surface area contributed by atoms with Gasteiger partial charge in [-0.15, -0.1) is 0 Å². The number of carbonyl (C=O) groups is 3. The van der Waals surface area contributed by atoms with E-state index in [1.807, 2.05) is 0 Å². The fourth-order valence-electron chi connectivity index (χ4n) is 2.44. The lowest BCUT2D eigenvalue weighted by molar-refractivity contribution is -0.132. The van der Waals surface area contributed by atoms with E-state index in [1.54, 1.807) is 0 Å². The molecule has 3 rings (SSSR count). The summed E-state index contributed by atoms with van der Waals surface area (Å²) < 4.78 is 37.4. The van der Waals surface area contributed by atoms with Gasteiger partial charge in [0.1, 0.15) is 11.6 Å². The highest BCUT2D eigenvalue weighted by molar-refractivity contribution is 6.20. The van der Waals surface area contributed by atoms with Gasteiger partial charge in [0.2, 0.25) is 23.3 Å². The van der Waals surface area contributed by atoms with Crippen LogP contribution in [0.4, 0.5) is 14.7 Å². The summed E-state index contributed by atoms with van der Waals surface area (Å²) >= 11 is 0. The summed E-state index contributed by atoms with van der Waals surface area (Å²) in [6.45, 7) is 1.02. The van der Waals surface area contributed by atoms with Gasteiger partial charge in [0, 0.05) is 19.8 Å². The van der Waals surface area contributed by atoms with Gasteiger partial charge >= 0.3 is 5.97 Å². The number of hydrogen-bond donors (Lipinski definition) is 1. The average Bonchev–Trinajstić information content (AvgIpc) is 3.02. The van der Waals surface area contributed by atoms with Gasteiger partial charge in [-0.25, -0.2) is 13.7 Å². The molecule has 1 aromatic carbocycles. The van der Waals surface area contributed by atoms with E-state index in [2.05, 4.69) is 0 Å². The molecule has 0 unspecified atom stereocenters. The lowest BCUT2D eigenvalue weighted by Crippen LogP contribution is -2.28. The third-order valence-electron chi connectivity index (χ3n) is 3.50. The summed E-state index contributed by atoms with van der Waals surface area (Å²) in [6.07, 6.45) is -0.188. The number of furan rings is 1. The van der Waals surface area contributed by atoms with Gasteiger partial charge in [0.05, 0.1) is 5.56 Å². The van der Waals surface area contributed by atoms with E-state index < -0.39 is 58.1 Å². The van der Waals surface area contributed by atoms with E-state index in [4.69, 9.17) is 9.15 Å². The molecular formula is C16H11F2NO6. The van der Waals surface area contributed by atoms with Crippen LogP contribution in [0.5, 0.6) is 11.5 Å². The van der Waals surface area contributed by atoms with E-state index in [-0.39, 0.29) is 12.8 Å². The molecule has 1 N–H and O–H groups in total. The van der Waals surface area contributed by atoms with E-state index in [0.29, 0.717) is 4.90 Å². The number of ether oxygens (including phenoxy) is 1. The fraction of sp³-hybridized carbons (Fsp3) is 0.188. The number of carbonyl (C=O) groups excluding carboxylic acids is 3. The van der Waals surface area contributed by atoms with Crippen molar-refractivity contribution >= 4 is 23.7 Å². The molecule has 2 heterocycles. The first-order valence-corrected chi connectivity index (χ1v) is 7.15. The summed E-state index contributed by atoms with van der Waals surface area (Å²) in [5.74, 6) is -6.47. The van der Waals surface area contributed by atoms with Crippen molar-refractivity contribution in [3.63, 3.8) is 0 Å². The lowest BCUT2D eigenvalue weighted by atomic mass is 10.1. The van der Waals surface area contributed by atoms with Crippen LogP contribution in [-0.4, -0.2) is 22.9 Å². The van der Waals surface area contributed by atoms with Crippen LogP contribution in [0, 0.1) is 11.6 Å². The van der Waals surface area contributed by atoms with Gasteiger partial charge in [-0.2, -0.15) is 0 Å². The maximum Gasteiger partial charge on any atom is 0.308 e. The Labute approximate surface area is 139 Å². The predicted molar refractivity (Wildman–Crippen MR) is 78.8 cm³/mol. The molecule has 7 nitrogen and oxygen atoms in total. The first-order chi connectivity index (χ1) is 11.8. The van der Waals surface area contributed by atoms with Crippen LogP contribution in [0.3, 0.4) is 0 Å². The van der Waals surface area contributed by atoms with Crippen molar-refractivity contribution in [3.05, 3.63) is 29.8 Å². The summed E-state index contributed by atoms with van der Waals surface area (Å²) in [6, 6.07) is 2.42. The fourth-order valence-corrected chi connectivity index (χ4v) is 2.44. The maximum absolute atomic E-state index is 14.0. The predicted octanol–water partition coefficient (Wildman–Crippen LogP) is 2.51. The first-order valence-electron chi connectivity index (χ1n) is 7.15. The highest BCUT2D eigenvalue weighted by Gasteiger charge is 2.38. The standard InChI is InChI=1S/C16H11F2NO6/c1-7(20)24-15-13(23)14(9-6-8(17)2-3-10(9)18)25-16(15)19-11(21)4-5-12(19)22/h2-3,6,23H,4-5H2,1H3. The van der Waals surface area contributed by atoms with Crippen molar-refractivity contribution < 1.29 is 37.4 Å². The zero-order valence-electron chi connectivity index (χ0n) is 12.8. The number of halogens is 2. The highest BCUT2D eigenvalue weighted by Crippen LogP contribution is 2.49. The molecule has 2 amide bonds. The number of rotatable bonds is 3. The minimum atomic E-state index is -0.926. The summed E-state index contributed by atoms with van der Waals surface area (Å²) in [7, 11) is 0. The van der Waals surface area contributed by atoms with E-state index in [9.17, 15) is 28.3 Å². The second kappa shape index (κ2) is 6.00. The van der Waals surface area contributed by atoms with Gasteiger partial charge in [0.25, 0.3) is 5.88 Å². The van der Waals surface area contributed by atoms with Gasteiger partial charge in [0.15, 0.2) is 5.76 Å². The monoisotopic (exact) mass is 351 g/mol. The molecule has 2 aromatic rings. The molecule has 25 heavy (non-hydrogen) atoms. The van der Waals surface area contributed by atoms with Crippen LogP contribution in [-0.2, 0) is 14.4 Å². The van der Waals surface area contributed by atoms with Crippen LogP contribution in [0.2, 0.25) is 0 Å². The van der Waals surface area contributed by atoms with Crippen LogP contribution in [0.1, 0.15) is 19.8 Å². The molecule has 0 bridgehead atoms. The molecule has 1 fully saturated rings. The Morgan fingerprint density at radius 3 is 2.48 bits per heavy atom. The Kier molecular flexibility index (Phi) is 3.99. The smallest absolute Gasteiger partial charge is 0.308 e. The minimum Gasteiger partial charge on any atom is -0.502 e. The number of amides is 2. The van der Waals surface area contributed by atoms with Crippen LogP contribution in [0.15, 0.2) is 22.6 Å². The van der Waals surface area contributed by atoms with E-state index in [0.717, 1.165) is 25.1 Å². The SMILES string of the molecule is CC(=O)Oc1c(N2C(=O)CCC2=O)oc(-c2cc(F)ccc2F)c1O. The number of hydrogen-bond acceptors (Lipinski definition) is 6. The number of aromatic hydroxyl groups is 1. The number of imide groups is 1. The lowest BCUT2D eigenvalue weighted by Gasteiger charge is -2.11. The van der Waals surface area contributed by atoms with Gasteiger partial charge in [-0.1, -0.05) is 0 Å². The van der Waals surface area contributed by atoms with Crippen LogP contribution in [0.25, 0.3) is 11.3 Å². The van der Waals surface area contributed by atoms with Crippen molar-refractivity contribution in [1.82, 2.24) is 0 Å². The molecule has 0 saturated carbocycles. The second-order valence-corrected chi connectivity index (χ2v) is 5.25. The van der Waals surface area contributed by atoms with Crippen molar-refractivity contribution in [2.24, 2.45) is 0 Å². The van der Waals surface area contributed by atoms with Gasteiger partial charge < -0.3 is 14.3 Å². The molecule has 1 saturated heterocycles. The number of anilines is 1. The zero-order chi connectivity index (χ0) is 18.3. The van der Waals surface area contributed by atoms with Gasteiger partial charge in [-0.3, -0.25) is 14.4 Å². The van der Waals surface area contributed by atoms with E-state index in [1.165, 1.54) is 0 Å². The summed E-state index contributed by atoms with van der Waals surface area (Å²) in [5, 5.41) is 10.3. The van der Waals surface area contributed by atoms with E-state index >= 15 is 0 Å². The number of nitrogens with zero attached hydrogens (tertiary/aromatic N) is 1. The average molecular weight is 351 g/mol. The Bertz CT molecular complexity index is 888. The molecule has 1 aromatic heterocycles. The Hall–Kier alpha value is -3.23. The molecule has 1 aliphatic heterocycles. The normalized spacial score (nSPS) is 14.3. The minimum absolute atomic E-state index is 0.0938. The molecule has 0 radical (unpaired) electrons.